The topological polar surface area (TPSA) is 78.9 Å². The van der Waals surface area contributed by atoms with Crippen LogP contribution in [0.2, 0.25) is 0 Å². The lowest BCUT2D eigenvalue weighted by molar-refractivity contribution is -0.167. The van der Waals surface area contributed by atoms with Crippen LogP contribution in [0.15, 0.2) is 109 Å². The van der Waals surface area contributed by atoms with E-state index in [1.165, 1.54) is 180 Å². The van der Waals surface area contributed by atoms with Crippen molar-refractivity contribution in [1.82, 2.24) is 0 Å². The molecule has 0 N–H and O–H groups in total. The first-order chi connectivity index (χ1) is 40.5. The minimum atomic E-state index is -0.783. The lowest BCUT2D eigenvalue weighted by Crippen LogP contribution is -2.30. The summed E-state index contributed by atoms with van der Waals surface area (Å²) in [5.41, 5.74) is 0. The molecule has 0 fully saturated rings. The van der Waals surface area contributed by atoms with Gasteiger partial charge in [0.05, 0.1) is 0 Å². The molecule has 0 radical (unpaired) electrons. The van der Waals surface area contributed by atoms with E-state index in [1.54, 1.807) is 0 Å². The summed E-state index contributed by atoms with van der Waals surface area (Å²) in [4.78, 5) is 38.3. The maximum atomic E-state index is 12.9. The zero-order valence-electron chi connectivity index (χ0n) is 54.0. The fourth-order valence-corrected chi connectivity index (χ4v) is 9.81. The highest BCUT2D eigenvalue weighted by molar-refractivity contribution is 5.71. The van der Waals surface area contributed by atoms with Crippen molar-refractivity contribution in [3.8, 4) is 0 Å². The molecule has 0 amide bonds. The van der Waals surface area contributed by atoms with E-state index >= 15 is 0 Å². The standard InChI is InChI=1S/C76H130O6/c1-4-7-10-13-16-19-22-24-26-28-30-32-34-36-38-40-42-44-46-48-50-52-54-57-60-63-66-69-75(78)81-72-73(71-80-74(77)68-65-62-59-56-21-18-15-12-9-6-3)82-76(79)70-67-64-61-58-55-53-51-49-47-45-43-41-39-37-35-33-31-29-27-25-23-20-17-14-11-8-5-2/h7,10,16,19,23-26,29-32,35-38,42,44,73H,4-6,8-9,11-15,17-18,20-22,27-28,33-34,39-41,43,45-72H2,1-3H3/b10-7-,19-16-,25-23-,26-24-,31-29-,32-30-,37-35-,38-36-,44-42-. The van der Waals surface area contributed by atoms with Crippen molar-refractivity contribution in [2.75, 3.05) is 13.2 Å². The maximum Gasteiger partial charge on any atom is 0.306 e. The Morgan fingerprint density at radius 1 is 0.256 bits per heavy atom. The van der Waals surface area contributed by atoms with E-state index < -0.39 is 6.10 Å². The molecule has 1 unspecified atom stereocenters. The molecular weight excluding hydrogens is 1010 g/mol. The number of allylic oxidation sites excluding steroid dienone is 18. The molecule has 470 valence electrons. The molecule has 0 heterocycles. The van der Waals surface area contributed by atoms with Crippen LogP contribution in [0.1, 0.15) is 335 Å². The van der Waals surface area contributed by atoms with Gasteiger partial charge in [0.15, 0.2) is 6.10 Å². The second-order valence-electron chi connectivity index (χ2n) is 23.1. The van der Waals surface area contributed by atoms with Gasteiger partial charge in [0.1, 0.15) is 13.2 Å². The highest BCUT2D eigenvalue weighted by Crippen LogP contribution is 2.17. The molecule has 0 aliphatic carbocycles. The van der Waals surface area contributed by atoms with Crippen LogP contribution < -0.4 is 0 Å². The van der Waals surface area contributed by atoms with Gasteiger partial charge in [-0.1, -0.05) is 316 Å². The molecule has 0 aliphatic rings. The fourth-order valence-electron chi connectivity index (χ4n) is 9.81. The first-order valence-electron chi connectivity index (χ1n) is 34.9. The van der Waals surface area contributed by atoms with Crippen LogP contribution >= 0.6 is 0 Å². The zero-order chi connectivity index (χ0) is 59.2. The summed E-state index contributed by atoms with van der Waals surface area (Å²) in [5, 5.41) is 0. The second kappa shape index (κ2) is 69.6. The summed E-state index contributed by atoms with van der Waals surface area (Å²) in [6.07, 6.45) is 95.4. The normalized spacial score (nSPS) is 12.8. The van der Waals surface area contributed by atoms with Gasteiger partial charge in [-0.3, -0.25) is 14.4 Å². The molecule has 0 aliphatic heterocycles. The number of rotatable bonds is 63. The van der Waals surface area contributed by atoms with Crippen LogP contribution in [0, 0.1) is 0 Å². The van der Waals surface area contributed by atoms with Gasteiger partial charge in [0.2, 0.25) is 0 Å². The van der Waals surface area contributed by atoms with E-state index in [0.29, 0.717) is 19.3 Å². The highest BCUT2D eigenvalue weighted by atomic mass is 16.6. The summed E-state index contributed by atoms with van der Waals surface area (Å²) in [5.74, 6) is -0.880. The van der Waals surface area contributed by atoms with Gasteiger partial charge < -0.3 is 14.2 Å². The molecule has 0 bridgehead atoms. The van der Waals surface area contributed by atoms with Gasteiger partial charge in [0, 0.05) is 19.3 Å². The van der Waals surface area contributed by atoms with Crippen molar-refractivity contribution >= 4 is 17.9 Å². The summed E-state index contributed by atoms with van der Waals surface area (Å²) in [6, 6.07) is 0. The molecule has 82 heavy (non-hydrogen) atoms. The first-order valence-corrected chi connectivity index (χ1v) is 34.9. The minimum absolute atomic E-state index is 0.0790. The van der Waals surface area contributed by atoms with Crippen molar-refractivity contribution in [3.05, 3.63) is 109 Å². The Bertz CT molecular complexity index is 1640. The van der Waals surface area contributed by atoms with Gasteiger partial charge in [-0.2, -0.15) is 0 Å². The van der Waals surface area contributed by atoms with E-state index in [4.69, 9.17) is 14.2 Å². The van der Waals surface area contributed by atoms with Crippen LogP contribution in [-0.2, 0) is 28.6 Å². The number of esters is 3. The SMILES string of the molecule is CC/C=C\C/C=C\C/C=C\C/C=C\C/C=C\C/C=C\CCCCCCCCCCC(=O)OCC(COC(=O)CCCCCCCCCCCC)OC(=O)CCCCCCCCCCCCCC/C=C\C/C=C\C/C=C\CCCCCCC. The number of hydrogen-bond acceptors (Lipinski definition) is 6. The highest BCUT2D eigenvalue weighted by Gasteiger charge is 2.19. The molecule has 0 rings (SSSR count). The van der Waals surface area contributed by atoms with Crippen LogP contribution in [0.3, 0.4) is 0 Å². The smallest absolute Gasteiger partial charge is 0.306 e. The molecular formula is C76H130O6. The van der Waals surface area contributed by atoms with Gasteiger partial charge in [0.25, 0.3) is 0 Å². The van der Waals surface area contributed by atoms with Gasteiger partial charge in [-0.15, -0.1) is 0 Å². The minimum Gasteiger partial charge on any atom is -0.462 e. The lowest BCUT2D eigenvalue weighted by Gasteiger charge is -2.18. The van der Waals surface area contributed by atoms with Crippen LogP contribution in [0.4, 0.5) is 0 Å². The van der Waals surface area contributed by atoms with Crippen molar-refractivity contribution in [1.29, 1.82) is 0 Å². The van der Waals surface area contributed by atoms with E-state index in [-0.39, 0.29) is 31.1 Å². The van der Waals surface area contributed by atoms with Gasteiger partial charge in [-0.25, -0.2) is 0 Å². The van der Waals surface area contributed by atoms with Gasteiger partial charge >= 0.3 is 17.9 Å². The van der Waals surface area contributed by atoms with Crippen LogP contribution in [0.25, 0.3) is 0 Å². The number of hydrogen-bond donors (Lipinski definition) is 0. The van der Waals surface area contributed by atoms with Crippen LogP contribution in [-0.4, -0.2) is 37.2 Å². The average Bonchev–Trinajstić information content (AvgIpc) is 3.48. The third kappa shape index (κ3) is 66.9. The van der Waals surface area contributed by atoms with Crippen molar-refractivity contribution in [3.63, 3.8) is 0 Å². The van der Waals surface area contributed by atoms with Crippen molar-refractivity contribution < 1.29 is 28.6 Å². The molecule has 6 heteroatoms. The fraction of sp³-hybridized carbons (Fsp3) is 0.724. The predicted octanol–water partition coefficient (Wildman–Crippen LogP) is 24.2. The summed E-state index contributed by atoms with van der Waals surface area (Å²) in [6.45, 7) is 6.52. The molecule has 0 aromatic heterocycles. The van der Waals surface area contributed by atoms with E-state index in [9.17, 15) is 14.4 Å². The third-order valence-electron chi connectivity index (χ3n) is 15.0. The third-order valence-corrected chi connectivity index (χ3v) is 15.0. The van der Waals surface area contributed by atoms with Crippen molar-refractivity contribution in [2.45, 2.75) is 341 Å². The number of ether oxygens (including phenoxy) is 3. The molecule has 0 spiro atoms. The van der Waals surface area contributed by atoms with Crippen molar-refractivity contribution in [2.24, 2.45) is 0 Å². The Labute approximate surface area is 508 Å². The Kier molecular flexibility index (Phi) is 66.2. The quantitative estimate of drug-likeness (QED) is 0.0261. The molecule has 0 aromatic rings. The monoisotopic (exact) mass is 1140 g/mol. The molecule has 1 atom stereocenters. The van der Waals surface area contributed by atoms with Crippen LogP contribution in [0.5, 0.6) is 0 Å². The molecule has 0 aromatic carbocycles. The number of unbranched alkanes of at least 4 members (excludes halogenated alkanes) is 34. The summed E-state index contributed by atoms with van der Waals surface area (Å²) >= 11 is 0. The summed E-state index contributed by atoms with van der Waals surface area (Å²) < 4.78 is 16.9. The number of carbonyl (C=O) groups excluding carboxylic acids is 3. The molecule has 0 saturated heterocycles. The first kappa shape index (κ1) is 78.1. The molecule has 0 saturated carbocycles. The van der Waals surface area contributed by atoms with E-state index in [1.807, 2.05) is 0 Å². The zero-order valence-corrected chi connectivity index (χ0v) is 54.0. The molecule has 6 nitrogen and oxygen atoms in total. The Morgan fingerprint density at radius 2 is 0.476 bits per heavy atom. The largest absolute Gasteiger partial charge is 0.462 e. The van der Waals surface area contributed by atoms with E-state index in [0.717, 1.165) is 116 Å². The Hall–Kier alpha value is -3.93. The predicted molar refractivity (Wildman–Crippen MR) is 357 cm³/mol. The Morgan fingerprint density at radius 3 is 0.744 bits per heavy atom. The number of carbonyl (C=O) groups is 3. The lowest BCUT2D eigenvalue weighted by atomic mass is 10.0. The maximum absolute atomic E-state index is 12.9. The Balaban J connectivity index is 4.24. The summed E-state index contributed by atoms with van der Waals surface area (Å²) in [7, 11) is 0. The second-order valence-corrected chi connectivity index (χ2v) is 23.1. The van der Waals surface area contributed by atoms with Gasteiger partial charge in [-0.05, 0) is 109 Å². The average molecular weight is 1140 g/mol. The van der Waals surface area contributed by atoms with E-state index in [2.05, 4.69) is 130 Å².